The monoisotopic (exact) mass is 898 g/mol. The predicted molar refractivity (Wildman–Crippen MR) is 241 cm³/mol. The number of amides is 2. The van der Waals surface area contributed by atoms with Crippen LogP contribution in [0.4, 0.5) is 4.79 Å². The third-order valence-corrected chi connectivity index (χ3v) is 16.2. The Hall–Kier alpha value is -2.98. The van der Waals surface area contributed by atoms with E-state index < -0.39 is 89.0 Å². The Balaban J connectivity index is 1.22. The molecule has 0 saturated carbocycles. The summed E-state index contributed by atoms with van der Waals surface area (Å²) in [5.41, 5.74) is -0.727. The second-order valence-electron chi connectivity index (χ2n) is 20.5. The molecule has 2 spiro atoms. The number of aliphatic carboxylic acids is 1. The molecule has 2 amide bonds. The van der Waals surface area contributed by atoms with Crippen LogP contribution in [0.2, 0.25) is 0 Å². The fourth-order valence-corrected chi connectivity index (χ4v) is 11.7. The lowest BCUT2D eigenvalue weighted by Crippen LogP contribution is -2.66. The minimum absolute atomic E-state index is 0.0284. The van der Waals surface area contributed by atoms with E-state index in [2.05, 4.69) is 36.4 Å². The molecule has 18 atom stereocenters. The van der Waals surface area contributed by atoms with Crippen molar-refractivity contribution in [2.45, 2.75) is 205 Å². The molecular formula is C50H79N3O11. The Labute approximate surface area is 381 Å². The summed E-state index contributed by atoms with van der Waals surface area (Å²) in [6, 6.07) is 2.76. The van der Waals surface area contributed by atoms with Crippen LogP contribution in [0, 0.1) is 41.4 Å². The van der Waals surface area contributed by atoms with Crippen LogP contribution in [0.15, 0.2) is 36.7 Å². The average Bonchev–Trinajstić information content (AvgIpc) is 3.61. The first-order chi connectivity index (χ1) is 30.3. The molecule has 0 unspecified atom stereocenters. The number of carboxylic acids is 1. The molecule has 1 aromatic rings. The lowest BCUT2D eigenvalue weighted by molar-refractivity contribution is -0.397. The van der Waals surface area contributed by atoms with Gasteiger partial charge in [-0.25, -0.2) is 4.79 Å². The number of ether oxygens (including phenoxy) is 5. The van der Waals surface area contributed by atoms with Gasteiger partial charge in [-0.3, -0.25) is 14.6 Å². The number of nitrogens with zero attached hydrogens (tertiary/aromatic N) is 1. The maximum atomic E-state index is 14.7. The molecule has 0 aromatic carbocycles. The molecule has 0 radical (unpaired) electrons. The van der Waals surface area contributed by atoms with Gasteiger partial charge >= 0.3 is 12.0 Å². The highest BCUT2D eigenvalue weighted by atomic mass is 16.8. The van der Waals surface area contributed by atoms with Gasteiger partial charge in [-0.1, -0.05) is 67.5 Å². The lowest BCUT2D eigenvalue weighted by atomic mass is 9.72. The number of hydrogen-bond acceptors (Lipinski definition) is 11. The van der Waals surface area contributed by atoms with Gasteiger partial charge in [-0.2, -0.15) is 0 Å². The first-order valence-electron chi connectivity index (χ1n) is 24.4. The van der Waals surface area contributed by atoms with Gasteiger partial charge < -0.3 is 49.6 Å². The minimum atomic E-state index is -1.36. The highest BCUT2D eigenvalue weighted by Crippen LogP contribution is 2.54. The lowest BCUT2D eigenvalue weighted by Gasteiger charge is -2.55. The average molecular weight is 898 g/mol. The number of nitrogens with one attached hydrogen (secondary N) is 2. The Bertz CT molecular complexity index is 1790. The summed E-state index contributed by atoms with van der Waals surface area (Å²) < 4.78 is 34.6. The van der Waals surface area contributed by atoms with Gasteiger partial charge in [0.25, 0.3) is 0 Å². The summed E-state index contributed by atoms with van der Waals surface area (Å²) in [5, 5.41) is 39.1. The van der Waals surface area contributed by atoms with Crippen LogP contribution in [0.3, 0.4) is 0 Å². The normalized spacial score (nSPS) is 40.0. The van der Waals surface area contributed by atoms with Crippen molar-refractivity contribution in [2.75, 3.05) is 6.54 Å². The topological polar surface area (TPSA) is 195 Å². The van der Waals surface area contributed by atoms with Crippen molar-refractivity contribution >= 4 is 17.8 Å². The van der Waals surface area contributed by atoms with E-state index in [1.54, 1.807) is 19.3 Å². The van der Waals surface area contributed by atoms with Crippen molar-refractivity contribution < 1.29 is 53.4 Å². The van der Waals surface area contributed by atoms with Gasteiger partial charge in [-0.15, -0.1) is 0 Å². The van der Waals surface area contributed by atoms with Crippen molar-refractivity contribution in [1.82, 2.24) is 15.6 Å². The molecule has 64 heavy (non-hydrogen) atoms. The van der Waals surface area contributed by atoms with E-state index >= 15 is 0 Å². The fourth-order valence-electron chi connectivity index (χ4n) is 11.7. The molecule has 4 fully saturated rings. The van der Waals surface area contributed by atoms with Crippen molar-refractivity contribution in [2.24, 2.45) is 41.4 Å². The zero-order valence-electron chi connectivity index (χ0n) is 40.1. The van der Waals surface area contributed by atoms with Gasteiger partial charge in [0.15, 0.2) is 11.6 Å². The zero-order chi connectivity index (χ0) is 46.8. The molecular weight excluding hydrogens is 819 g/mol. The van der Waals surface area contributed by atoms with E-state index in [1.807, 2.05) is 65.8 Å². The van der Waals surface area contributed by atoms with Crippen molar-refractivity contribution in [3.05, 3.63) is 42.2 Å². The summed E-state index contributed by atoms with van der Waals surface area (Å²) in [7, 11) is 0. The van der Waals surface area contributed by atoms with E-state index in [0.717, 1.165) is 12.0 Å². The quantitative estimate of drug-likeness (QED) is 0.106. The number of carbonyl (C=O) groups excluding carboxylic acids is 2. The summed E-state index contributed by atoms with van der Waals surface area (Å²) in [6.07, 6.45) is 10.5. The third kappa shape index (κ3) is 10.3. The summed E-state index contributed by atoms with van der Waals surface area (Å²) in [4.78, 5) is 44.5. The van der Waals surface area contributed by atoms with Gasteiger partial charge in [0.1, 0.15) is 11.8 Å². The molecule has 6 rings (SSSR count). The molecule has 360 valence electrons. The number of aromatic nitrogens is 1. The molecule has 1 aromatic heterocycles. The van der Waals surface area contributed by atoms with Crippen LogP contribution >= 0.6 is 0 Å². The van der Waals surface area contributed by atoms with Gasteiger partial charge in [0, 0.05) is 49.0 Å². The van der Waals surface area contributed by atoms with E-state index in [-0.39, 0.29) is 35.7 Å². The van der Waals surface area contributed by atoms with E-state index in [1.165, 1.54) is 0 Å². The maximum Gasteiger partial charge on any atom is 0.315 e. The number of rotatable bonds is 16. The number of ketones is 1. The third-order valence-electron chi connectivity index (χ3n) is 16.2. The number of pyridine rings is 1. The van der Waals surface area contributed by atoms with Crippen LogP contribution in [-0.4, -0.2) is 110 Å². The number of carbonyl (C=O) groups is 3. The smallest absolute Gasteiger partial charge is 0.315 e. The Morgan fingerprint density at radius 2 is 1.67 bits per heavy atom. The molecule has 4 saturated heterocycles. The van der Waals surface area contributed by atoms with Crippen molar-refractivity contribution in [3.8, 4) is 0 Å². The number of hydrogen-bond donors (Lipinski definition) is 5. The second-order valence-corrected chi connectivity index (χ2v) is 20.5. The van der Waals surface area contributed by atoms with Gasteiger partial charge in [0.2, 0.25) is 0 Å². The van der Waals surface area contributed by atoms with E-state index in [4.69, 9.17) is 23.7 Å². The van der Waals surface area contributed by atoms with E-state index in [0.29, 0.717) is 70.8 Å². The Morgan fingerprint density at radius 1 is 0.938 bits per heavy atom. The molecule has 6 heterocycles. The number of Topliss-reactive ketones (excluding diaryl/α,β-unsaturated/α-hetero) is 1. The SMILES string of the molecule is CC[C@@H](C(=O)[C@@H](C)[C@@H](O)[C@H](C)[C@@H]1O[C@@H]([C@@H](CC)C(=O)O)CC[C@@H]1C)[C@H]1O[C@]2(C=C[C@@H](NC(=O)NCCc3cccnc3)[C@]3(CC[C@@](C)([C@H]4CC[C@](O)(CC)[C@H](C)O4)O3)O2)[C@H](C)C[C@@H]1C. The maximum absolute atomic E-state index is 14.7. The number of aliphatic hydroxyl groups is 2. The van der Waals surface area contributed by atoms with Crippen LogP contribution in [0.25, 0.3) is 0 Å². The molecule has 5 aliphatic rings. The van der Waals surface area contributed by atoms with Crippen molar-refractivity contribution in [1.29, 1.82) is 0 Å². The highest BCUT2D eigenvalue weighted by Gasteiger charge is 2.63. The highest BCUT2D eigenvalue weighted by molar-refractivity contribution is 5.84. The van der Waals surface area contributed by atoms with Gasteiger partial charge in [0.05, 0.1) is 53.7 Å². The first kappa shape index (κ1) is 50.4. The molecule has 0 bridgehead atoms. The summed E-state index contributed by atoms with van der Waals surface area (Å²) in [6.45, 7) is 20.1. The number of aliphatic hydroxyl groups excluding tert-OH is 1. The summed E-state index contributed by atoms with van der Waals surface area (Å²) >= 11 is 0. The number of urea groups is 1. The molecule has 0 aliphatic carbocycles. The standard InChI is InChI=1S/C50H79N3O11/c1-11-36(45(56)57)38-17-16-29(4)43(61-38)33(8)41(54)32(7)42(55)37(12-2)44-30(5)27-31(6)49(62-44)22-18-39(53-46(58)52-26-20-35-15-14-25-51-28-35)50(64-49)24-23-47(10,63-50)40-19-21-48(59,13-3)34(9)60-40/h14-15,18,22,25,28-34,36-41,43-44,54,59H,11-13,16-17,19-21,23-24,26-27H2,1-10H3,(H,56,57)(H2,52,53,58)/t29-,30-,31+,32-,33-,34-,36+,37-,38+,39+,40+,41+,43+,44-,47-,48+,49-,50-/m0/s1. The Morgan fingerprint density at radius 3 is 2.31 bits per heavy atom. The fraction of sp³-hybridized carbons (Fsp3) is 0.800. The molecule has 14 heteroatoms. The van der Waals surface area contributed by atoms with Crippen LogP contribution < -0.4 is 10.6 Å². The number of carboxylic acid groups (broad SMARTS) is 1. The zero-order valence-corrected chi connectivity index (χ0v) is 40.1. The largest absolute Gasteiger partial charge is 0.481 e. The Kier molecular flexibility index (Phi) is 16.1. The van der Waals surface area contributed by atoms with E-state index in [9.17, 15) is 29.7 Å². The van der Waals surface area contributed by atoms with Crippen LogP contribution in [-0.2, 0) is 39.7 Å². The minimum Gasteiger partial charge on any atom is -0.481 e. The molecule has 14 nitrogen and oxygen atoms in total. The van der Waals surface area contributed by atoms with Gasteiger partial charge in [-0.05, 0) is 108 Å². The van der Waals surface area contributed by atoms with Crippen molar-refractivity contribution in [3.63, 3.8) is 0 Å². The predicted octanol–water partition coefficient (Wildman–Crippen LogP) is 7.13. The molecule has 5 N–H and O–H groups in total. The molecule has 5 aliphatic heterocycles. The van der Waals surface area contributed by atoms with Crippen LogP contribution in [0.5, 0.6) is 0 Å². The van der Waals surface area contributed by atoms with Crippen LogP contribution in [0.1, 0.15) is 139 Å². The second kappa shape index (κ2) is 20.5. The summed E-state index contributed by atoms with van der Waals surface area (Å²) in [5.74, 6) is -6.09. The first-order valence-corrected chi connectivity index (χ1v) is 24.4.